The van der Waals surface area contributed by atoms with Crippen molar-refractivity contribution in [1.82, 2.24) is 5.32 Å². The van der Waals surface area contributed by atoms with Gasteiger partial charge in [0, 0.05) is 16.3 Å². The number of hydrogen-bond acceptors (Lipinski definition) is 4. The first kappa shape index (κ1) is 6.77. The molecular formula is C7H14N2O2S. The summed E-state index contributed by atoms with van der Waals surface area (Å²) in [6, 6.07) is 0. The van der Waals surface area contributed by atoms with Gasteiger partial charge in [0.2, 0.25) is 0 Å². The lowest BCUT2D eigenvalue weighted by molar-refractivity contribution is 0.153. The van der Waals surface area contributed by atoms with Crippen LogP contribution in [0.15, 0.2) is 5.16 Å². The van der Waals surface area contributed by atoms with E-state index < -0.39 is 13.1 Å². The molecule has 0 heterocycles. The summed E-state index contributed by atoms with van der Waals surface area (Å²) in [4.78, 5) is 15.2. The summed E-state index contributed by atoms with van der Waals surface area (Å²) in [6.45, 7) is 1.05. The Hall–Kier alpha value is -0.710. The van der Waals surface area contributed by atoms with Gasteiger partial charge in [0.15, 0.2) is 0 Å². The van der Waals surface area contributed by atoms with Crippen LogP contribution in [0, 0.1) is 0 Å². The predicted octanol–water partition coefficient (Wildman–Crippen LogP) is 1.47. The van der Waals surface area contributed by atoms with E-state index in [0.717, 1.165) is 0 Å². The van der Waals surface area contributed by atoms with Gasteiger partial charge < -0.3 is 5.32 Å². The highest BCUT2D eigenvalue weighted by molar-refractivity contribution is 7.99. The third kappa shape index (κ3) is 4.23. The molecule has 0 spiro atoms. The maximum Gasteiger partial charge on any atom is 0.433 e. The molecule has 1 unspecified atom stereocenters. The molecular weight excluding hydrogens is 176 g/mol. The lowest BCUT2D eigenvalue weighted by atomic mass is 10.3. The van der Waals surface area contributed by atoms with Crippen molar-refractivity contribution in [1.29, 1.82) is 0 Å². The molecule has 0 saturated carbocycles. The molecule has 0 bridgehead atoms. The normalized spacial score (nSPS) is 18.6. The molecule has 0 saturated heterocycles. The highest BCUT2D eigenvalue weighted by Gasteiger charge is 2.04. The Morgan fingerprint density at radius 2 is 2.50 bits per heavy atom. The van der Waals surface area contributed by atoms with E-state index in [-0.39, 0.29) is 5.25 Å². The number of amides is 1. The van der Waals surface area contributed by atoms with Crippen molar-refractivity contribution >= 4 is 23.6 Å². The van der Waals surface area contributed by atoms with Crippen molar-refractivity contribution < 1.29 is 13.7 Å². The summed E-state index contributed by atoms with van der Waals surface area (Å²) in [5.74, 6) is 0. The molecule has 5 heteroatoms. The molecule has 0 aliphatic carbocycles. The van der Waals surface area contributed by atoms with Crippen molar-refractivity contribution in [2.45, 2.75) is 19.1 Å². The maximum absolute atomic E-state index is 10.9. The Labute approximate surface area is 80.9 Å². The van der Waals surface area contributed by atoms with Gasteiger partial charge in [0.25, 0.3) is 0 Å². The third-order valence-corrected chi connectivity index (χ3v) is 2.36. The number of oxime groups is 1. The number of carbonyl (C=O) groups excluding carboxylic acids is 1. The predicted molar refractivity (Wildman–Crippen MR) is 51.6 cm³/mol. The van der Waals surface area contributed by atoms with Crippen LogP contribution in [-0.4, -0.2) is 30.3 Å². The van der Waals surface area contributed by atoms with Gasteiger partial charge in [-0.05, 0) is 20.1 Å². The number of nitrogens with zero attached hydrogens (tertiary/aromatic N) is 1. The zero-order valence-corrected chi connectivity index (χ0v) is 8.07. The van der Waals surface area contributed by atoms with E-state index in [2.05, 4.69) is 9.99 Å². The van der Waals surface area contributed by atoms with Crippen LogP contribution in [0.5, 0.6) is 0 Å². The van der Waals surface area contributed by atoms with Gasteiger partial charge in [0.05, 0.1) is 5.71 Å². The molecule has 1 N–H and O–H groups in total. The molecule has 1 amide bonds. The van der Waals surface area contributed by atoms with Gasteiger partial charge in [0.1, 0.15) is 0 Å². The average Bonchev–Trinajstić information content (AvgIpc) is 2.10. The minimum Gasteiger partial charge on any atom is -0.323 e. The van der Waals surface area contributed by atoms with E-state index in [1.54, 1.807) is 24.0 Å². The average molecular weight is 193 g/mol. The van der Waals surface area contributed by atoms with Crippen molar-refractivity contribution in [3.8, 4) is 0 Å². The van der Waals surface area contributed by atoms with Crippen molar-refractivity contribution in [2.24, 2.45) is 5.16 Å². The van der Waals surface area contributed by atoms with Crippen molar-refractivity contribution in [2.75, 3.05) is 13.2 Å². The van der Waals surface area contributed by atoms with E-state index in [1.807, 2.05) is 13.2 Å². The van der Waals surface area contributed by atoms with E-state index in [4.69, 9.17) is 4.11 Å². The Bertz CT molecular complexity index is 255. The first-order valence-corrected chi connectivity index (χ1v) is 4.61. The standard InChI is InChI=1S/C7H14N2O2S/c1-5(6(2)12-4)9-11-7(10)8-3/h6H,1-4H3,(H,8,10)/b9-5+/i3D3. The van der Waals surface area contributed by atoms with Crippen molar-refractivity contribution in [3.05, 3.63) is 0 Å². The quantitative estimate of drug-likeness (QED) is 0.419. The molecule has 0 radical (unpaired) electrons. The molecule has 0 fully saturated rings. The lowest BCUT2D eigenvalue weighted by Crippen LogP contribution is -2.18. The summed E-state index contributed by atoms with van der Waals surface area (Å²) in [5.41, 5.74) is 0.614. The molecule has 0 aliphatic heterocycles. The monoisotopic (exact) mass is 193 g/mol. The van der Waals surface area contributed by atoms with Crippen LogP contribution in [0.2, 0.25) is 0 Å². The van der Waals surface area contributed by atoms with Crippen LogP contribution in [-0.2, 0) is 4.84 Å². The zero-order chi connectivity index (χ0) is 12.1. The van der Waals surface area contributed by atoms with Gasteiger partial charge in [-0.3, -0.25) is 4.84 Å². The highest BCUT2D eigenvalue weighted by Crippen LogP contribution is 2.06. The molecule has 0 rings (SSSR count). The maximum atomic E-state index is 10.9. The van der Waals surface area contributed by atoms with Crippen LogP contribution < -0.4 is 5.32 Å². The lowest BCUT2D eigenvalue weighted by Gasteiger charge is -2.05. The van der Waals surface area contributed by atoms with Gasteiger partial charge in [-0.1, -0.05) is 5.16 Å². The molecule has 70 valence electrons. The zero-order valence-electron chi connectivity index (χ0n) is 10.2. The topological polar surface area (TPSA) is 50.7 Å². The minimum absolute atomic E-state index is 0.116. The summed E-state index contributed by atoms with van der Waals surface area (Å²) >= 11 is 1.54. The number of carbonyl (C=O) groups is 1. The first-order chi connectivity index (χ1) is 6.76. The summed E-state index contributed by atoms with van der Waals surface area (Å²) in [6.07, 6.45) is 0.814. The second-order valence-corrected chi connectivity index (χ2v) is 3.29. The van der Waals surface area contributed by atoms with Gasteiger partial charge in [-0.25, -0.2) is 4.79 Å². The number of thioether (sulfide) groups is 1. The largest absolute Gasteiger partial charge is 0.433 e. The van der Waals surface area contributed by atoms with Gasteiger partial charge >= 0.3 is 6.09 Å². The van der Waals surface area contributed by atoms with Crippen LogP contribution >= 0.6 is 11.8 Å². The Kier molecular flexibility index (Phi) is 3.32. The summed E-state index contributed by atoms with van der Waals surface area (Å²) in [7, 11) is 0. The molecule has 4 nitrogen and oxygen atoms in total. The van der Waals surface area contributed by atoms with Crippen molar-refractivity contribution in [3.63, 3.8) is 0 Å². The SMILES string of the molecule is [2H]C([2H])([2H])NC(=O)O/N=C(\C)C(C)SC. The number of hydrogen-bond donors (Lipinski definition) is 1. The van der Waals surface area contributed by atoms with Crippen LogP contribution in [0.4, 0.5) is 4.79 Å². The second kappa shape index (κ2) is 5.88. The fourth-order valence-electron chi connectivity index (χ4n) is 0.381. The molecule has 12 heavy (non-hydrogen) atoms. The summed E-state index contributed by atoms with van der Waals surface area (Å²) < 4.78 is 20.2. The fourth-order valence-corrected chi connectivity index (χ4v) is 0.765. The third-order valence-electron chi connectivity index (χ3n) is 1.32. The molecule has 0 aliphatic rings. The van der Waals surface area contributed by atoms with E-state index in [0.29, 0.717) is 5.71 Å². The molecule has 0 aromatic rings. The Morgan fingerprint density at radius 3 is 3.00 bits per heavy atom. The smallest absolute Gasteiger partial charge is 0.323 e. The Morgan fingerprint density at radius 1 is 1.83 bits per heavy atom. The minimum atomic E-state index is -2.55. The highest BCUT2D eigenvalue weighted by atomic mass is 32.2. The van der Waals surface area contributed by atoms with Crippen LogP contribution in [0.1, 0.15) is 18.0 Å². The second-order valence-electron chi connectivity index (χ2n) is 2.11. The summed E-state index contributed by atoms with van der Waals surface area (Å²) in [5, 5.41) is 5.29. The van der Waals surface area contributed by atoms with Crippen LogP contribution in [0.3, 0.4) is 0 Å². The molecule has 0 aromatic heterocycles. The number of nitrogens with one attached hydrogen (secondary N) is 1. The van der Waals surface area contributed by atoms with Crippen LogP contribution in [0.25, 0.3) is 0 Å². The first-order valence-electron chi connectivity index (χ1n) is 4.82. The van der Waals surface area contributed by atoms with Gasteiger partial charge in [-0.2, -0.15) is 11.8 Å². The molecule has 1 atom stereocenters. The fraction of sp³-hybridized carbons (Fsp3) is 0.714. The van der Waals surface area contributed by atoms with E-state index in [1.165, 1.54) is 0 Å². The Balaban J connectivity index is 4.10. The molecule has 0 aromatic carbocycles. The van der Waals surface area contributed by atoms with Gasteiger partial charge in [-0.15, -0.1) is 0 Å². The number of rotatable bonds is 3. The van der Waals surface area contributed by atoms with E-state index in [9.17, 15) is 4.79 Å². The van der Waals surface area contributed by atoms with E-state index >= 15 is 0 Å².